The molecule has 0 aliphatic carbocycles. The number of imidazole rings is 1. The zero-order valence-corrected chi connectivity index (χ0v) is 22.0. The second-order valence-electron chi connectivity index (χ2n) is 9.38. The molecule has 0 amide bonds. The number of pyridine rings is 1. The fraction of sp³-hybridized carbons (Fsp3) is 0.407. The average molecular weight is 518 g/mol. The van der Waals surface area contributed by atoms with Gasteiger partial charge in [-0.15, -0.1) is 5.92 Å². The minimum atomic E-state index is -0.468. The van der Waals surface area contributed by atoms with Crippen LogP contribution in [0.25, 0.3) is 22.1 Å². The molecule has 3 aromatic heterocycles. The van der Waals surface area contributed by atoms with E-state index in [1.807, 2.05) is 12.1 Å². The van der Waals surface area contributed by atoms with Gasteiger partial charge in [0, 0.05) is 37.6 Å². The van der Waals surface area contributed by atoms with Crippen molar-refractivity contribution in [2.75, 3.05) is 32.2 Å². The highest BCUT2D eigenvalue weighted by molar-refractivity contribution is 5.83. The van der Waals surface area contributed by atoms with Crippen LogP contribution < -0.4 is 31.4 Å². The lowest BCUT2D eigenvalue weighted by Gasteiger charge is -2.31. The molecule has 1 aromatic carbocycles. The third-order valence-electron chi connectivity index (χ3n) is 6.94. The Hall–Kier alpha value is -4.30. The smallest absolute Gasteiger partial charge is 0.332 e. The molecule has 0 saturated carbocycles. The first-order valence-electron chi connectivity index (χ1n) is 12.5. The van der Waals surface area contributed by atoms with E-state index < -0.39 is 11.2 Å². The van der Waals surface area contributed by atoms with E-state index in [1.54, 1.807) is 44.9 Å². The van der Waals surface area contributed by atoms with Crippen LogP contribution in [0.15, 0.2) is 33.9 Å². The van der Waals surface area contributed by atoms with Gasteiger partial charge in [0.25, 0.3) is 5.56 Å². The van der Waals surface area contributed by atoms with Crippen LogP contribution in [0.3, 0.4) is 0 Å². The number of rotatable bonds is 6. The number of nitrogens with zero attached hydrogens (tertiary/aromatic N) is 6. The molecular weight excluding hydrogens is 486 g/mol. The van der Waals surface area contributed by atoms with Crippen molar-refractivity contribution in [2.24, 2.45) is 12.8 Å². The van der Waals surface area contributed by atoms with Gasteiger partial charge in [0.15, 0.2) is 22.7 Å². The maximum Gasteiger partial charge on any atom is 0.332 e. The Kier molecular flexibility index (Phi) is 6.82. The highest BCUT2D eigenvalue weighted by Crippen LogP contribution is 2.31. The van der Waals surface area contributed by atoms with Crippen LogP contribution in [0.1, 0.15) is 25.5 Å². The lowest BCUT2D eigenvalue weighted by atomic mass is 10.1. The van der Waals surface area contributed by atoms with Crippen molar-refractivity contribution in [1.29, 1.82) is 0 Å². The molecule has 11 heteroatoms. The first kappa shape index (κ1) is 25.4. The Morgan fingerprint density at radius 1 is 1.11 bits per heavy atom. The Morgan fingerprint density at radius 2 is 1.87 bits per heavy atom. The van der Waals surface area contributed by atoms with Crippen molar-refractivity contribution in [1.82, 2.24) is 23.7 Å². The molecule has 1 atom stereocenters. The van der Waals surface area contributed by atoms with Gasteiger partial charge in [-0.3, -0.25) is 23.5 Å². The fourth-order valence-electron chi connectivity index (χ4n) is 4.98. The molecule has 1 saturated heterocycles. The molecule has 0 radical (unpaired) electrons. The number of nitrogens with two attached hydrogens (primary N) is 1. The number of methoxy groups -OCH3 is 2. The predicted molar refractivity (Wildman–Crippen MR) is 146 cm³/mol. The predicted octanol–water partition coefficient (Wildman–Crippen LogP) is 1.46. The number of hydrogen-bond donors (Lipinski definition) is 1. The number of ether oxygens (including phenoxy) is 2. The SMILES string of the molecule is CC#CCn1c(N2CCC[C@@H](N)C2)nc2c1c(=O)n(Cc1ccc3cc(OC)c(OC)cc3n1)c(=O)n2C. The lowest BCUT2D eigenvalue weighted by Crippen LogP contribution is -2.44. The van der Waals surface area contributed by atoms with Crippen LogP contribution in [0.5, 0.6) is 11.5 Å². The Morgan fingerprint density at radius 3 is 2.58 bits per heavy atom. The quantitative estimate of drug-likeness (QED) is 0.382. The Labute approximate surface area is 219 Å². The maximum atomic E-state index is 13.8. The van der Waals surface area contributed by atoms with Gasteiger partial charge >= 0.3 is 5.69 Å². The van der Waals surface area contributed by atoms with Crippen LogP contribution in [0, 0.1) is 11.8 Å². The molecule has 5 rings (SSSR count). The first-order chi connectivity index (χ1) is 18.4. The van der Waals surface area contributed by atoms with Crippen molar-refractivity contribution in [3.63, 3.8) is 0 Å². The molecule has 198 valence electrons. The summed E-state index contributed by atoms with van der Waals surface area (Å²) in [4.78, 5) is 38.7. The van der Waals surface area contributed by atoms with Crippen molar-refractivity contribution in [3.8, 4) is 23.3 Å². The summed E-state index contributed by atoms with van der Waals surface area (Å²) < 4.78 is 15.2. The minimum absolute atomic E-state index is 0.000287. The van der Waals surface area contributed by atoms with Crippen molar-refractivity contribution in [2.45, 2.75) is 38.9 Å². The number of aromatic nitrogens is 5. The summed E-state index contributed by atoms with van der Waals surface area (Å²) in [6.07, 6.45) is 1.87. The van der Waals surface area contributed by atoms with E-state index >= 15 is 0 Å². The number of aryl methyl sites for hydroxylation is 1. The largest absolute Gasteiger partial charge is 0.493 e. The normalized spacial score (nSPS) is 15.5. The van der Waals surface area contributed by atoms with E-state index in [4.69, 9.17) is 25.2 Å². The molecule has 0 bridgehead atoms. The molecule has 4 aromatic rings. The third kappa shape index (κ3) is 4.37. The van der Waals surface area contributed by atoms with Gasteiger partial charge in [-0.05, 0) is 31.9 Å². The summed E-state index contributed by atoms with van der Waals surface area (Å²) in [5.41, 5.74) is 7.20. The van der Waals surface area contributed by atoms with Gasteiger partial charge in [-0.2, -0.15) is 4.98 Å². The summed E-state index contributed by atoms with van der Waals surface area (Å²) in [5, 5.41) is 0.850. The van der Waals surface area contributed by atoms with Crippen molar-refractivity contribution >= 4 is 28.0 Å². The maximum absolute atomic E-state index is 13.8. The summed E-state index contributed by atoms with van der Waals surface area (Å²) in [5.74, 6) is 7.69. The summed E-state index contributed by atoms with van der Waals surface area (Å²) in [6, 6.07) is 7.31. The van der Waals surface area contributed by atoms with E-state index in [0.717, 1.165) is 24.8 Å². The fourth-order valence-corrected chi connectivity index (χ4v) is 4.98. The van der Waals surface area contributed by atoms with Gasteiger partial charge in [-0.1, -0.05) is 12.0 Å². The molecule has 0 unspecified atom stereocenters. The van der Waals surface area contributed by atoms with E-state index in [9.17, 15) is 9.59 Å². The third-order valence-corrected chi connectivity index (χ3v) is 6.94. The number of anilines is 1. The van der Waals surface area contributed by atoms with Crippen LogP contribution in [0.2, 0.25) is 0 Å². The van der Waals surface area contributed by atoms with Gasteiger partial charge < -0.3 is 20.1 Å². The standard InChI is InChI=1S/C27H31N7O4/c1-5-6-12-33-23-24(30-26(33)32-11-7-8-18(28)15-32)31(2)27(36)34(25(23)35)16-19-10-9-17-13-21(37-3)22(38-4)14-20(17)29-19/h9-10,13-14,18H,7-8,11-12,15-16,28H2,1-4H3/t18-/m1/s1. The highest BCUT2D eigenvalue weighted by Gasteiger charge is 2.26. The molecule has 1 aliphatic heterocycles. The lowest BCUT2D eigenvalue weighted by molar-refractivity contribution is 0.356. The van der Waals surface area contributed by atoms with E-state index in [1.165, 1.54) is 9.13 Å². The summed E-state index contributed by atoms with van der Waals surface area (Å²) in [6.45, 7) is 3.42. The highest BCUT2D eigenvalue weighted by atomic mass is 16.5. The second-order valence-corrected chi connectivity index (χ2v) is 9.38. The van der Waals surface area contributed by atoms with Gasteiger partial charge in [-0.25, -0.2) is 4.79 Å². The van der Waals surface area contributed by atoms with Crippen molar-refractivity contribution < 1.29 is 9.47 Å². The van der Waals surface area contributed by atoms with Gasteiger partial charge in [0.2, 0.25) is 5.95 Å². The van der Waals surface area contributed by atoms with E-state index in [2.05, 4.69) is 16.7 Å². The average Bonchev–Trinajstić information content (AvgIpc) is 3.31. The van der Waals surface area contributed by atoms with E-state index in [0.29, 0.717) is 46.4 Å². The molecule has 2 N–H and O–H groups in total. The molecule has 11 nitrogen and oxygen atoms in total. The van der Waals surface area contributed by atoms with Crippen LogP contribution in [-0.4, -0.2) is 57.0 Å². The van der Waals surface area contributed by atoms with Crippen molar-refractivity contribution in [3.05, 3.63) is 50.8 Å². The summed E-state index contributed by atoms with van der Waals surface area (Å²) >= 11 is 0. The zero-order chi connectivity index (χ0) is 27.0. The van der Waals surface area contributed by atoms with Crippen LogP contribution in [-0.2, 0) is 20.1 Å². The van der Waals surface area contributed by atoms with E-state index in [-0.39, 0.29) is 19.1 Å². The van der Waals surface area contributed by atoms with Gasteiger partial charge in [0.1, 0.15) is 0 Å². The molecule has 0 spiro atoms. The van der Waals surface area contributed by atoms with Crippen LogP contribution >= 0.6 is 0 Å². The second kappa shape index (κ2) is 10.2. The number of hydrogen-bond acceptors (Lipinski definition) is 8. The minimum Gasteiger partial charge on any atom is -0.493 e. The monoisotopic (exact) mass is 517 g/mol. The van der Waals surface area contributed by atoms with Crippen LogP contribution in [0.4, 0.5) is 5.95 Å². The summed E-state index contributed by atoms with van der Waals surface area (Å²) in [7, 11) is 4.76. The molecule has 1 fully saturated rings. The Balaban J connectivity index is 1.64. The Bertz CT molecular complexity index is 1710. The molecular formula is C27H31N7O4. The number of piperidine rings is 1. The zero-order valence-electron chi connectivity index (χ0n) is 22.0. The molecule has 38 heavy (non-hydrogen) atoms. The van der Waals surface area contributed by atoms with Gasteiger partial charge in [0.05, 0.1) is 38.5 Å². The first-order valence-corrected chi connectivity index (χ1v) is 12.5. The topological polar surface area (TPSA) is 122 Å². The number of benzene rings is 1. The molecule has 4 heterocycles. The number of fused-ring (bicyclic) bond motifs is 2. The molecule has 1 aliphatic rings.